The lowest BCUT2D eigenvalue weighted by Crippen LogP contribution is -2.23. The third-order valence-corrected chi connectivity index (χ3v) is 2.03. The third kappa shape index (κ3) is 1.82. The van der Waals surface area contributed by atoms with Crippen LogP contribution in [0.2, 0.25) is 1.41 Å². The van der Waals surface area contributed by atoms with Gasteiger partial charge in [-0.15, -0.1) is 0 Å². The van der Waals surface area contributed by atoms with E-state index in [0.29, 0.717) is 17.1 Å². The Bertz CT molecular complexity index is 462. The zero-order valence-electron chi connectivity index (χ0n) is 12.2. The van der Waals surface area contributed by atoms with Gasteiger partial charge in [0.15, 0.2) is 11.5 Å². The molecule has 1 aromatic carbocycles. The van der Waals surface area contributed by atoms with E-state index in [9.17, 15) is 0 Å². The fraction of sp³-hybridized carbons (Fsp3) is 0.455. The van der Waals surface area contributed by atoms with E-state index < -0.39 is 12.4 Å². The van der Waals surface area contributed by atoms with Gasteiger partial charge in [-0.1, -0.05) is 6.07 Å². The van der Waals surface area contributed by atoms with Crippen LogP contribution < -0.4 is 14.8 Å². The van der Waals surface area contributed by atoms with Crippen LogP contribution in [0.4, 0.5) is 0 Å². The van der Waals surface area contributed by atoms with Crippen LogP contribution in [0.5, 0.6) is 11.5 Å². The molecule has 1 aromatic rings. The SMILES string of the molecule is [2H]N(C)C([2H])(C)C([2H])([2H])c1ccc2c(c1)OCO2. The fourth-order valence-corrected chi connectivity index (χ4v) is 1.24. The van der Waals surface area contributed by atoms with E-state index in [-0.39, 0.29) is 6.79 Å². The largest absolute Gasteiger partial charge is 0.454 e. The molecule has 3 heteroatoms. The van der Waals surface area contributed by atoms with Crippen molar-refractivity contribution in [1.29, 1.82) is 0 Å². The average Bonchev–Trinajstić information content (AvgIpc) is 2.75. The van der Waals surface area contributed by atoms with Gasteiger partial charge in [-0.2, -0.15) is 0 Å². The number of likely N-dealkylation sites (N-methyl/N-ethyl adjacent to an activating group) is 1. The molecule has 1 unspecified atom stereocenters. The predicted molar refractivity (Wildman–Crippen MR) is 54.8 cm³/mol. The molecule has 14 heavy (non-hydrogen) atoms. The van der Waals surface area contributed by atoms with Gasteiger partial charge in [0.1, 0.15) is 1.41 Å². The molecule has 0 aliphatic carbocycles. The Morgan fingerprint density at radius 3 is 3.21 bits per heavy atom. The van der Waals surface area contributed by atoms with Crippen molar-refractivity contribution in [2.75, 3.05) is 13.8 Å². The van der Waals surface area contributed by atoms with Crippen molar-refractivity contribution in [3.63, 3.8) is 0 Å². The van der Waals surface area contributed by atoms with Gasteiger partial charge in [0, 0.05) is 10.1 Å². The number of fused-ring (bicyclic) bond motifs is 1. The molecular weight excluding hydrogens is 178 g/mol. The van der Waals surface area contributed by atoms with Crippen molar-refractivity contribution in [2.45, 2.75) is 19.3 Å². The zero-order valence-corrected chi connectivity index (χ0v) is 8.20. The average molecular weight is 197 g/mol. The summed E-state index contributed by atoms with van der Waals surface area (Å²) in [4.78, 5) is 0. The number of hydrogen-bond acceptors (Lipinski definition) is 3. The van der Waals surface area contributed by atoms with Crippen LogP contribution in [0.1, 0.15) is 16.6 Å². The maximum absolute atomic E-state index is 8.08. The highest BCUT2D eigenvalue weighted by molar-refractivity contribution is 5.44. The van der Waals surface area contributed by atoms with Crippen LogP contribution in [-0.2, 0) is 6.37 Å². The monoisotopic (exact) mass is 197 g/mol. The fourth-order valence-electron chi connectivity index (χ4n) is 1.24. The van der Waals surface area contributed by atoms with Crippen LogP contribution >= 0.6 is 0 Å². The van der Waals surface area contributed by atoms with Crippen LogP contribution in [0.3, 0.4) is 0 Å². The van der Waals surface area contributed by atoms with Gasteiger partial charge >= 0.3 is 0 Å². The Morgan fingerprint density at radius 1 is 1.64 bits per heavy atom. The highest BCUT2D eigenvalue weighted by Crippen LogP contribution is 2.32. The summed E-state index contributed by atoms with van der Waals surface area (Å²) >= 11 is 0. The molecule has 1 N–H and O–H groups in total. The quantitative estimate of drug-likeness (QED) is 0.797. The van der Waals surface area contributed by atoms with E-state index in [4.69, 9.17) is 15.0 Å². The number of benzene rings is 1. The van der Waals surface area contributed by atoms with Crippen molar-refractivity contribution in [3.8, 4) is 11.5 Å². The van der Waals surface area contributed by atoms with Crippen LogP contribution in [-0.4, -0.2) is 19.9 Å². The minimum absolute atomic E-state index is 0.123. The molecular formula is C11H15NO2. The molecule has 3 nitrogen and oxygen atoms in total. The molecule has 0 saturated heterocycles. The second-order valence-corrected chi connectivity index (χ2v) is 3.00. The first-order valence-corrected chi connectivity index (χ1v) is 4.39. The maximum Gasteiger partial charge on any atom is 0.231 e. The first kappa shape index (κ1) is 5.61. The molecule has 1 aliphatic heterocycles. The number of nitrogens with one attached hydrogen (secondary N) is 1. The van der Waals surface area contributed by atoms with Crippen molar-refractivity contribution in [3.05, 3.63) is 23.8 Å². The zero-order chi connectivity index (χ0) is 13.6. The highest BCUT2D eigenvalue weighted by Gasteiger charge is 2.13. The first-order valence-electron chi connectivity index (χ1n) is 6.34. The van der Waals surface area contributed by atoms with Crippen LogP contribution in [0.25, 0.3) is 0 Å². The van der Waals surface area contributed by atoms with E-state index >= 15 is 0 Å². The Hall–Kier alpha value is -1.22. The summed E-state index contributed by atoms with van der Waals surface area (Å²) in [5.41, 5.74) is 0.295. The van der Waals surface area contributed by atoms with Crippen molar-refractivity contribution in [1.82, 2.24) is 5.31 Å². The summed E-state index contributed by atoms with van der Waals surface area (Å²) in [6.45, 7) is 1.49. The van der Waals surface area contributed by atoms with E-state index in [1.54, 1.807) is 12.1 Å². The summed E-state index contributed by atoms with van der Waals surface area (Å²) < 4.78 is 42.0. The van der Waals surface area contributed by atoms with E-state index in [0.717, 1.165) is 5.31 Å². The Labute approximate surface area is 89.7 Å². The maximum atomic E-state index is 8.08. The topological polar surface area (TPSA) is 30.5 Å². The summed E-state index contributed by atoms with van der Waals surface area (Å²) in [5, 5.41) is 0.803. The molecule has 1 heterocycles. The smallest absolute Gasteiger partial charge is 0.231 e. The Morgan fingerprint density at radius 2 is 2.43 bits per heavy atom. The number of rotatable bonds is 3. The molecule has 1 atom stereocenters. The first-order chi connectivity index (χ1) is 8.26. The molecule has 0 saturated carbocycles. The van der Waals surface area contributed by atoms with Crippen molar-refractivity contribution >= 4 is 0 Å². The van der Waals surface area contributed by atoms with Crippen molar-refractivity contribution in [2.24, 2.45) is 0 Å². The Kier molecular flexibility index (Phi) is 1.56. The van der Waals surface area contributed by atoms with E-state index in [1.807, 2.05) is 0 Å². The molecule has 0 fully saturated rings. The highest BCUT2D eigenvalue weighted by atomic mass is 16.7. The molecule has 0 spiro atoms. The molecule has 1 aliphatic rings. The van der Waals surface area contributed by atoms with E-state index in [1.165, 1.54) is 20.0 Å². The number of ether oxygens (including phenoxy) is 2. The second kappa shape index (κ2) is 3.88. The number of hydrogen-bond donors (Lipinski definition) is 1. The minimum Gasteiger partial charge on any atom is -0.454 e. The lowest BCUT2D eigenvalue weighted by Gasteiger charge is -2.09. The van der Waals surface area contributed by atoms with Gasteiger partial charge in [0.05, 0.1) is 0 Å². The van der Waals surface area contributed by atoms with Crippen LogP contribution in [0.15, 0.2) is 18.2 Å². The van der Waals surface area contributed by atoms with Gasteiger partial charge in [0.2, 0.25) is 6.79 Å². The van der Waals surface area contributed by atoms with Gasteiger partial charge in [-0.3, -0.25) is 0 Å². The Balaban J connectivity index is 2.41. The molecule has 0 aromatic heterocycles. The van der Waals surface area contributed by atoms with Crippen molar-refractivity contribution < 1.29 is 15.0 Å². The van der Waals surface area contributed by atoms with Gasteiger partial charge in [-0.05, 0) is 38.0 Å². The molecule has 76 valence electrons. The third-order valence-electron chi connectivity index (χ3n) is 2.03. The lowest BCUT2D eigenvalue weighted by atomic mass is 10.1. The predicted octanol–water partition coefficient (Wildman–Crippen LogP) is 1.57. The minimum atomic E-state index is -2.01. The molecule has 2 rings (SSSR count). The molecule has 0 amide bonds. The summed E-state index contributed by atoms with van der Waals surface area (Å²) in [6, 6.07) is 3.00. The van der Waals surface area contributed by atoms with Gasteiger partial charge in [-0.25, -0.2) is 0 Å². The standard InChI is InChI=1S/C11H15NO2/c1-8(12-2)5-9-3-4-10-11(6-9)14-7-13-10/h3-4,6,8,12H,5,7H2,1-2H3/i5D2,8D/hD. The summed E-state index contributed by atoms with van der Waals surface area (Å²) in [7, 11) is 1.36. The molecule has 0 bridgehead atoms. The van der Waals surface area contributed by atoms with E-state index in [2.05, 4.69) is 0 Å². The second-order valence-electron chi connectivity index (χ2n) is 3.00. The van der Waals surface area contributed by atoms with Crippen LogP contribution in [0, 0.1) is 0 Å². The normalized spacial score (nSPS) is 23.4. The van der Waals surface area contributed by atoms with Gasteiger partial charge < -0.3 is 14.8 Å². The summed E-state index contributed by atoms with van der Waals surface area (Å²) in [6.07, 6.45) is -2.01. The lowest BCUT2D eigenvalue weighted by molar-refractivity contribution is 0.174. The van der Waals surface area contributed by atoms with Gasteiger partial charge in [0.25, 0.3) is 0 Å². The molecule has 0 radical (unpaired) electrons. The summed E-state index contributed by atoms with van der Waals surface area (Å²) in [5.74, 6) is 1.04.